The van der Waals surface area contributed by atoms with Gasteiger partial charge in [0, 0.05) is 23.6 Å². The Kier molecular flexibility index (Phi) is 7.36. The third-order valence-electron chi connectivity index (χ3n) is 5.88. The summed E-state index contributed by atoms with van der Waals surface area (Å²) in [6.07, 6.45) is 0.450. The molecule has 0 aliphatic carbocycles. The molecule has 1 aromatic heterocycles. The van der Waals surface area contributed by atoms with Gasteiger partial charge < -0.3 is 14.6 Å². The summed E-state index contributed by atoms with van der Waals surface area (Å²) in [5.74, 6) is 0.921. The smallest absolute Gasteiger partial charge is 0.303 e. The molecular weight excluding hydrogens is 464 g/mol. The molecule has 0 amide bonds. The molecule has 0 atom stereocenters. The van der Waals surface area contributed by atoms with Crippen molar-refractivity contribution in [2.24, 2.45) is 0 Å². The van der Waals surface area contributed by atoms with Crippen LogP contribution in [0.4, 0.5) is 0 Å². The van der Waals surface area contributed by atoms with Crippen LogP contribution < -0.4 is 9.47 Å². The van der Waals surface area contributed by atoms with Crippen LogP contribution in [-0.4, -0.2) is 27.7 Å². The molecule has 6 nitrogen and oxygen atoms in total. The number of nitrogens with zero attached hydrogens (tertiary/aromatic N) is 2. The molecule has 1 heterocycles. The molecule has 184 valence electrons. The van der Waals surface area contributed by atoms with Crippen LogP contribution in [0, 0.1) is 0 Å². The third-order valence-corrected chi connectivity index (χ3v) is 5.88. The average molecular weight is 491 g/mol. The molecule has 0 fully saturated rings. The molecule has 0 unspecified atom stereocenters. The summed E-state index contributed by atoms with van der Waals surface area (Å²) in [5, 5.41) is 11.0. The van der Waals surface area contributed by atoms with Crippen LogP contribution in [0.2, 0.25) is 0 Å². The molecule has 0 aliphatic heterocycles. The van der Waals surface area contributed by atoms with Crippen molar-refractivity contribution < 1.29 is 19.4 Å². The first-order valence-corrected chi connectivity index (χ1v) is 12.1. The number of aromatic nitrogens is 2. The molecule has 0 aliphatic rings. The van der Waals surface area contributed by atoms with Gasteiger partial charge in [-0.25, -0.2) is 4.98 Å². The predicted octanol–water partition coefficient (Wildman–Crippen LogP) is 6.79. The van der Waals surface area contributed by atoms with Crippen molar-refractivity contribution in [2.75, 3.05) is 6.61 Å². The molecule has 5 rings (SSSR count). The van der Waals surface area contributed by atoms with Gasteiger partial charge >= 0.3 is 5.97 Å². The van der Waals surface area contributed by atoms with Gasteiger partial charge in [-0.3, -0.25) is 4.79 Å². The fourth-order valence-corrected chi connectivity index (χ4v) is 3.98. The number of carboxylic acids is 1. The lowest BCUT2D eigenvalue weighted by molar-refractivity contribution is -0.137. The van der Waals surface area contributed by atoms with Crippen LogP contribution in [0.5, 0.6) is 11.6 Å². The van der Waals surface area contributed by atoms with Gasteiger partial charge in [-0.05, 0) is 41.0 Å². The number of benzene rings is 4. The normalized spacial score (nSPS) is 10.8. The van der Waals surface area contributed by atoms with E-state index in [-0.39, 0.29) is 13.0 Å². The van der Waals surface area contributed by atoms with Gasteiger partial charge in [-0.2, -0.15) is 4.98 Å². The number of carbonyl (C=O) groups is 1. The largest absolute Gasteiger partial charge is 0.489 e. The van der Waals surface area contributed by atoms with Crippen LogP contribution in [-0.2, 0) is 11.4 Å². The predicted molar refractivity (Wildman–Crippen MR) is 144 cm³/mol. The number of ether oxygens (including phenoxy) is 2. The number of aliphatic carboxylic acids is 1. The summed E-state index contributed by atoms with van der Waals surface area (Å²) < 4.78 is 11.8. The van der Waals surface area contributed by atoms with Crippen molar-refractivity contribution in [3.8, 4) is 34.3 Å². The van der Waals surface area contributed by atoms with E-state index in [1.165, 1.54) is 0 Å². The van der Waals surface area contributed by atoms with Crippen molar-refractivity contribution in [3.63, 3.8) is 0 Å². The van der Waals surface area contributed by atoms with Crippen LogP contribution in [0.3, 0.4) is 0 Å². The van der Waals surface area contributed by atoms with Gasteiger partial charge in [0.15, 0.2) is 5.82 Å². The Morgan fingerprint density at radius 1 is 0.730 bits per heavy atom. The van der Waals surface area contributed by atoms with E-state index in [1.54, 1.807) is 6.07 Å². The van der Waals surface area contributed by atoms with E-state index in [2.05, 4.69) is 11.1 Å². The minimum Gasteiger partial charge on any atom is -0.489 e. The van der Waals surface area contributed by atoms with Crippen molar-refractivity contribution in [2.45, 2.75) is 19.4 Å². The molecule has 0 saturated carbocycles. The first-order valence-electron chi connectivity index (χ1n) is 12.1. The van der Waals surface area contributed by atoms with E-state index in [4.69, 9.17) is 19.6 Å². The monoisotopic (exact) mass is 490 g/mol. The van der Waals surface area contributed by atoms with Crippen molar-refractivity contribution in [1.29, 1.82) is 0 Å². The summed E-state index contributed by atoms with van der Waals surface area (Å²) in [6.45, 7) is 0.778. The highest BCUT2D eigenvalue weighted by atomic mass is 16.5. The third kappa shape index (κ3) is 6.30. The van der Waals surface area contributed by atoms with Crippen molar-refractivity contribution in [1.82, 2.24) is 9.97 Å². The second-order valence-electron chi connectivity index (χ2n) is 8.62. The van der Waals surface area contributed by atoms with Gasteiger partial charge in [0.05, 0.1) is 12.3 Å². The summed E-state index contributed by atoms with van der Waals surface area (Å²) in [6, 6.07) is 33.8. The van der Waals surface area contributed by atoms with Crippen molar-refractivity contribution in [3.05, 3.63) is 109 Å². The fourth-order valence-electron chi connectivity index (χ4n) is 3.98. The van der Waals surface area contributed by atoms with Crippen LogP contribution >= 0.6 is 0 Å². The quantitative estimate of drug-likeness (QED) is 0.217. The van der Waals surface area contributed by atoms with Gasteiger partial charge in [-0.1, -0.05) is 78.9 Å². The zero-order valence-corrected chi connectivity index (χ0v) is 20.2. The molecule has 0 spiro atoms. The Morgan fingerprint density at radius 3 is 2.24 bits per heavy atom. The number of hydrogen-bond acceptors (Lipinski definition) is 5. The van der Waals surface area contributed by atoms with Crippen LogP contribution in [0.15, 0.2) is 103 Å². The Labute approximate surface area is 215 Å². The lowest BCUT2D eigenvalue weighted by atomic mass is 10.1. The Bertz CT molecular complexity index is 1500. The molecule has 0 bridgehead atoms. The molecule has 4 aromatic carbocycles. The first-order chi connectivity index (χ1) is 18.1. The molecule has 1 N–H and O–H groups in total. The minimum atomic E-state index is -0.846. The number of carboxylic acid groups (broad SMARTS) is 1. The highest BCUT2D eigenvalue weighted by Gasteiger charge is 2.11. The maximum absolute atomic E-state index is 10.8. The lowest BCUT2D eigenvalue weighted by Crippen LogP contribution is -2.04. The standard InChI is InChI=1S/C31H26N2O4/c34-30(35)12-7-17-36-29-20-28(23-10-5-2-6-11-23)32-31(33-29)26-14-13-25-19-27(16-15-24(25)18-26)37-21-22-8-3-1-4-9-22/h1-6,8-11,13-16,18-20H,7,12,17,21H2,(H,34,35). The van der Waals surface area contributed by atoms with Crippen LogP contribution in [0.25, 0.3) is 33.4 Å². The van der Waals surface area contributed by atoms with Gasteiger partial charge in [0.1, 0.15) is 12.4 Å². The maximum Gasteiger partial charge on any atom is 0.303 e. The highest BCUT2D eigenvalue weighted by molar-refractivity contribution is 5.87. The molecule has 6 heteroatoms. The Balaban J connectivity index is 1.41. The second kappa shape index (κ2) is 11.4. The topological polar surface area (TPSA) is 81.5 Å². The molecule has 5 aromatic rings. The summed E-state index contributed by atoms with van der Waals surface area (Å²) >= 11 is 0. The van der Waals surface area contributed by atoms with Gasteiger partial charge in [0.25, 0.3) is 0 Å². The summed E-state index contributed by atoms with van der Waals surface area (Å²) in [7, 11) is 0. The van der Waals surface area contributed by atoms with E-state index in [9.17, 15) is 4.79 Å². The zero-order valence-electron chi connectivity index (χ0n) is 20.2. The Morgan fingerprint density at radius 2 is 1.46 bits per heavy atom. The maximum atomic E-state index is 10.8. The van der Waals surface area contributed by atoms with E-state index >= 15 is 0 Å². The van der Waals surface area contributed by atoms with Crippen LogP contribution in [0.1, 0.15) is 18.4 Å². The van der Waals surface area contributed by atoms with E-state index in [0.29, 0.717) is 24.7 Å². The zero-order chi connectivity index (χ0) is 25.5. The number of hydrogen-bond donors (Lipinski definition) is 1. The minimum absolute atomic E-state index is 0.0468. The van der Waals surface area contributed by atoms with E-state index in [0.717, 1.165) is 38.9 Å². The summed E-state index contributed by atoms with van der Waals surface area (Å²) in [5.41, 5.74) is 3.67. The van der Waals surface area contributed by atoms with Gasteiger partial charge in [0.2, 0.25) is 5.88 Å². The fraction of sp³-hybridized carbons (Fsp3) is 0.129. The number of rotatable bonds is 10. The number of fused-ring (bicyclic) bond motifs is 1. The molecule has 37 heavy (non-hydrogen) atoms. The van der Waals surface area contributed by atoms with Gasteiger partial charge in [-0.15, -0.1) is 0 Å². The SMILES string of the molecule is O=C(O)CCCOc1cc(-c2ccccc2)nc(-c2ccc3cc(OCc4ccccc4)ccc3c2)n1. The lowest BCUT2D eigenvalue weighted by Gasteiger charge is -2.11. The Hall–Kier alpha value is -4.71. The average Bonchev–Trinajstić information content (AvgIpc) is 2.94. The molecule has 0 radical (unpaired) electrons. The first kappa shape index (κ1) is 24.0. The second-order valence-corrected chi connectivity index (χ2v) is 8.62. The molecular formula is C31H26N2O4. The molecule has 0 saturated heterocycles. The van der Waals surface area contributed by atoms with Crippen molar-refractivity contribution >= 4 is 16.7 Å². The van der Waals surface area contributed by atoms with E-state index in [1.807, 2.05) is 91.0 Å². The summed E-state index contributed by atoms with van der Waals surface area (Å²) in [4.78, 5) is 20.3. The van der Waals surface area contributed by atoms with E-state index < -0.39 is 5.97 Å². The highest BCUT2D eigenvalue weighted by Crippen LogP contribution is 2.29.